The molecular formula is C18H21N5O. The number of hydrogen-bond acceptors (Lipinski definition) is 3. The Balaban J connectivity index is 1.52. The molecule has 1 amide bonds. The topological polar surface area (TPSA) is 66.3 Å². The highest BCUT2D eigenvalue weighted by molar-refractivity contribution is 5.79. The van der Waals surface area contributed by atoms with Crippen molar-refractivity contribution in [1.29, 1.82) is 0 Å². The van der Waals surface area contributed by atoms with Crippen LogP contribution in [0.4, 0.5) is 0 Å². The second-order valence-corrected chi connectivity index (χ2v) is 6.44. The number of nitrogens with zero attached hydrogens (tertiary/aromatic N) is 4. The monoisotopic (exact) mass is 323 g/mol. The van der Waals surface area contributed by atoms with E-state index in [0.717, 1.165) is 48.7 Å². The Bertz CT molecular complexity index is 852. The van der Waals surface area contributed by atoms with Crippen molar-refractivity contribution >= 4 is 11.6 Å². The van der Waals surface area contributed by atoms with Crippen molar-refractivity contribution in [3.8, 4) is 0 Å². The minimum absolute atomic E-state index is 0.174. The van der Waals surface area contributed by atoms with Gasteiger partial charge in [-0.2, -0.15) is 5.10 Å². The number of aromatic amines is 1. The molecule has 0 spiro atoms. The van der Waals surface area contributed by atoms with Crippen LogP contribution in [0.15, 0.2) is 36.7 Å². The van der Waals surface area contributed by atoms with Crippen LogP contribution in [0.5, 0.6) is 0 Å². The number of piperidine rings is 1. The van der Waals surface area contributed by atoms with Crippen LogP contribution in [-0.2, 0) is 11.2 Å². The summed E-state index contributed by atoms with van der Waals surface area (Å²) >= 11 is 0. The highest BCUT2D eigenvalue weighted by Gasteiger charge is 2.26. The molecule has 0 aromatic carbocycles. The van der Waals surface area contributed by atoms with E-state index in [4.69, 9.17) is 0 Å². The van der Waals surface area contributed by atoms with E-state index in [1.165, 1.54) is 0 Å². The quantitative estimate of drug-likeness (QED) is 0.804. The number of aromatic nitrogens is 4. The smallest absolute Gasteiger partial charge is 0.228 e. The van der Waals surface area contributed by atoms with E-state index in [0.29, 0.717) is 12.3 Å². The minimum Gasteiger partial charge on any atom is -0.342 e. The molecule has 1 aliphatic heterocycles. The molecule has 1 N–H and O–H groups in total. The number of likely N-dealkylation sites (tertiary alicyclic amines) is 1. The molecule has 124 valence electrons. The summed E-state index contributed by atoms with van der Waals surface area (Å²) in [4.78, 5) is 19.4. The van der Waals surface area contributed by atoms with E-state index in [-0.39, 0.29) is 5.91 Å². The second kappa shape index (κ2) is 6.11. The normalized spacial score (nSPS) is 18.2. The molecule has 6 nitrogen and oxygen atoms in total. The molecule has 24 heavy (non-hydrogen) atoms. The number of nitrogens with one attached hydrogen (secondary N) is 1. The summed E-state index contributed by atoms with van der Waals surface area (Å²) < 4.78 is 2.02. The van der Waals surface area contributed by atoms with Crippen LogP contribution in [-0.4, -0.2) is 43.5 Å². The van der Waals surface area contributed by atoms with Crippen molar-refractivity contribution in [2.45, 2.75) is 32.1 Å². The summed E-state index contributed by atoms with van der Waals surface area (Å²) in [5, 5.41) is 7.08. The number of rotatable bonds is 3. The average molecular weight is 323 g/mol. The standard InChI is InChI=1S/C18H21N5O/c1-13-16(23-10-3-2-6-17(23)20-13)11-18(24)22-9-4-5-14(12-22)15-7-8-19-21-15/h2-3,6-8,10,14H,4-5,9,11-12H2,1H3,(H,19,21). The molecule has 3 aromatic rings. The van der Waals surface area contributed by atoms with Gasteiger partial charge in [-0.3, -0.25) is 9.89 Å². The van der Waals surface area contributed by atoms with Gasteiger partial charge in [-0.15, -0.1) is 0 Å². The first kappa shape index (κ1) is 14.9. The fraction of sp³-hybridized carbons (Fsp3) is 0.389. The maximum atomic E-state index is 12.8. The third-order valence-electron chi connectivity index (χ3n) is 4.88. The minimum atomic E-state index is 0.174. The van der Waals surface area contributed by atoms with Crippen LogP contribution in [0.1, 0.15) is 35.8 Å². The van der Waals surface area contributed by atoms with Gasteiger partial charge in [-0.25, -0.2) is 4.98 Å². The number of imidazole rings is 1. The zero-order valence-electron chi connectivity index (χ0n) is 13.8. The number of carbonyl (C=O) groups excluding carboxylic acids is 1. The van der Waals surface area contributed by atoms with Gasteiger partial charge in [0.1, 0.15) is 5.65 Å². The van der Waals surface area contributed by atoms with Crippen LogP contribution in [0.3, 0.4) is 0 Å². The predicted octanol–water partition coefficient (Wildman–Crippen LogP) is 2.31. The number of fused-ring (bicyclic) bond motifs is 1. The Labute approximate surface area is 140 Å². The van der Waals surface area contributed by atoms with Crippen molar-refractivity contribution in [1.82, 2.24) is 24.5 Å². The molecule has 1 fully saturated rings. The highest BCUT2D eigenvalue weighted by atomic mass is 16.2. The SMILES string of the molecule is Cc1nc2ccccn2c1CC(=O)N1CCCC(c2ccn[nH]2)C1. The Morgan fingerprint density at radius 2 is 2.29 bits per heavy atom. The maximum Gasteiger partial charge on any atom is 0.228 e. The van der Waals surface area contributed by atoms with Crippen molar-refractivity contribution in [2.75, 3.05) is 13.1 Å². The number of pyridine rings is 1. The second-order valence-electron chi connectivity index (χ2n) is 6.44. The van der Waals surface area contributed by atoms with E-state index < -0.39 is 0 Å². The van der Waals surface area contributed by atoms with Crippen molar-refractivity contribution < 1.29 is 4.79 Å². The van der Waals surface area contributed by atoms with Gasteiger partial charge < -0.3 is 9.30 Å². The van der Waals surface area contributed by atoms with Crippen LogP contribution in [0.25, 0.3) is 5.65 Å². The molecule has 1 atom stereocenters. The number of aryl methyl sites for hydroxylation is 1. The van der Waals surface area contributed by atoms with Crippen LogP contribution >= 0.6 is 0 Å². The average Bonchev–Trinajstić information content (AvgIpc) is 3.24. The predicted molar refractivity (Wildman–Crippen MR) is 90.8 cm³/mol. The highest BCUT2D eigenvalue weighted by Crippen LogP contribution is 2.26. The molecule has 0 saturated carbocycles. The molecule has 1 aliphatic rings. The Hall–Kier alpha value is -2.63. The molecule has 0 bridgehead atoms. The summed E-state index contributed by atoms with van der Waals surface area (Å²) in [5.41, 5.74) is 3.93. The number of hydrogen-bond donors (Lipinski definition) is 1. The zero-order chi connectivity index (χ0) is 16.5. The fourth-order valence-electron chi connectivity index (χ4n) is 3.58. The number of amides is 1. The summed E-state index contributed by atoms with van der Waals surface area (Å²) in [6.07, 6.45) is 6.27. The van der Waals surface area contributed by atoms with Crippen molar-refractivity contribution in [2.24, 2.45) is 0 Å². The van der Waals surface area contributed by atoms with Gasteiger partial charge in [0, 0.05) is 37.1 Å². The zero-order valence-corrected chi connectivity index (χ0v) is 13.8. The number of H-pyrrole nitrogens is 1. The Morgan fingerprint density at radius 3 is 3.12 bits per heavy atom. The first-order chi connectivity index (χ1) is 11.7. The molecular weight excluding hydrogens is 302 g/mol. The van der Waals surface area contributed by atoms with Gasteiger partial charge in [-0.1, -0.05) is 6.07 Å². The molecule has 1 saturated heterocycles. The molecule has 0 aliphatic carbocycles. The Kier molecular flexibility index (Phi) is 3.80. The lowest BCUT2D eigenvalue weighted by Gasteiger charge is -2.32. The molecule has 0 radical (unpaired) electrons. The largest absolute Gasteiger partial charge is 0.342 e. The number of carbonyl (C=O) groups is 1. The van der Waals surface area contributed by atoms with Gasteiger partial charge in [0.2, 0.25) is 5.91 Å². The van der Waals surface area contributed by atoms with Gasteiger partial charge in [0.05, 0.1) is 17.8 Å². The fourth-order valence-corrected chi connectivity index (χ4v) is 3.58. The summed E-state index contributed by atoms with van der Waals surface area (Å²) in [5.74, 6) is 0.529. The van der Waals surface area contributed by atoms with Gasteiger partial charge >= 0.3 is 0 Å². The summed E-state index contributed by atoms with van der Waals surface area (Å²) in [7, 11) is 0. The van der Waals surface area contributed by atoms with E-state index in [1.54, 1.807) is 6.20 Å². The lowest BCUT2D eigenvalue weighted by atomic mass is 9.94. The lowest BCUT2D eigenvalue weighted by Crippen LogP contribution is -2.40. The van der Waals surface area contributed by atoms with Gasteiger partial charge in [0.15, 0.2) is 0 Å². The molecule has 4 rings (SSSR count). The van der Waals surface area contributed by atoms with Crippen molar-refractivity contribution in [3.63, 3.8) is 0 Å². The first-order valence-corrected chi connectivity index (χ1v) is 8.42. The third kappa shape index (κ3) is 2.68. The Morgan fingerprint density at radius 1 is 1.38 bits per heavy atom. The molecule has 3 aromatic heterocycles. The third-order valence-corrected chi connectivity index (χ3v) is 4.88. The van der Waals surface area contributed by atoms with Crippen LogP contribution in [0, 0.1) is 6.92 Å². The lowest BCUT2D eigenvalue weighted by molar-refractivity contribution is -0.131. The van der Waals surface area contributed by atoms with E-state index >= 15 is 0 Å². The van der Waals surface area contributed by atoms with E-state index in [9.17, 15) is 4.79 Å². The maximum absolute atomic E-state index is 12.8. The molecule has 4 heterocycles. The van der Waals surface area contributed by atoms with Gasteiger partial charge in [-0.05, 0) is 38.0 Å². The van der Waals surface area contributed by atoms with E-state index in [1.807, 2.05) is 46.7 Å². The van der Waals surface area contributed by atoms with Crippen LogP contribution in [0.2, 0.25) is 0 Å². The molecule has 1 unspecified atom stereocenters. The molecule has 6 heteroatoms. The van der Waals surface area contributed by atoms with Crippen molar-refractivity contribution in [3.05, 3.63) is 53.7 Å². The van der Waals surface area contributed by atoms with Gasteiger partial charge in [0.25, 0.3) is 0 Å². The summed E-state index contributed by atoms with van der Waals surface area (Å²) in [6, 6.07) is 7.91. The van der Waals surface area contributed by atoms with Crippen LogP contribution < -0.4 is 0 Å². The van der Waals surface area contributed by atoms with E-state index in [2.05, 4.69) is 15.2 Å². The summed E-state index contributed by atoms with van der Waals surface area (Å²) in [6.45, 7) is 3.56. The first-order valence-electron chi connectivity index (χ1n) is 8.42.